The Morgan fingerprint density at radius 1 is 1.11 bits per heavy atom. The molecular weight excluding hydrogens is 294 g/mol. The van der Waals surface area contributed by atoms with Gasteiger partial charge in [0.05, 0.1) is 16.6 Å². The third-order valence-corrected chi connectivity index (χ3v) is 3.15. The lowest BCUT2D eigenvalue weighted by Crippen LogP contribution is -2.18. The van der Waals surface area contributed by atoms with E-state index in [1.165, 1.54) is 10.9 Å². The van der Waals surface area contributed by atoms with E-state index in [1.54, 1.807) is 30.6 Å². The fourth-order valence-electron chi connectivity index (χ4n) is 1.78. The average molecular weight is 302 g/mol. The summed E-state index contributed by atoms with van der Waals surface area (Å²) in [6.07, 6.45) is 4.83. The SMILES string of the molecule is O=c1c2cc(Br)ccc2ncn1-c1ccncc1. The van der Waals surface area contributed by atoms with Crippen LogP contribution in [-0.2, 0) is 0 Å². The molecule has 3 rings (SSSR count). The van der Waals surface area contributed by atoms with Crippen LogP contribution in [0.5, 0.6) is 0 Å². The van der Waals surface area contributed by atoms with Gasteiger partial charge < -0.3 is 0 Å². The van der Waals surface area contributed by atoms with E-state index in [9.17, 15) is 4.79 Å². The van der Waals surface area contributed by atoms with Crippen LogP contribution in [-0.4, -0.2) is 14.5 Å². The van der Waals surface area contributed by atoms with Crippen molar-refractivity contribution in [2.75, 3.05) is 0 Å². The molecule has 0 unspecified atom stereocenters. The number of pyridine rings is 1. The van der Waals surface area contributed by atoms with Crippen LogP contribution in [0.25, 0.3) is 16.6 Å². The summed E-state index contributed by atoms with van der Waals surface area (Å²) < 4.78 is 2.37. The zero-order valence-electron chi connectivity index (χ0n) is 9.25. The number of hydrogen-bond donors (Lipinski definition) is 0. The number of aromatic nitrogens is 3. The van der Waals surface area contributed by atoms with Crippen LogP contribution in [0.4, 0.5) is 0 Å². The maximum absolute atomic E-state index is 12.4. The predicted octanol–water partition coefficient (Wildman–Crippen LogP) is 2.54. The first-order chi connectivity index (χ1) is 8.75. The first-order valence-electron chi connectivity index (χ1n) is 5.33. The van der Waals surface area contributed by atoms with Crippen LogP contribution < -0.4 is 5.56 Å². The summed E-state index contributed by atoms with van der Waals surface area (Å²) >= 11 is 3.36. The fraction of sp³-hybridized carbons (Fsp3) is 0. The molecule has 18 heavy (non-hydrogen) atoms. The van der Waals surface area contributed by atoms with E-state index in [-0.39, 0.29) is 5.56 Å². The molecule has 2 aromatic heterocycles. The fourth-order valence-corrected chi connectivity index (χ4v) is 2.14. The van der Waals surface area contributed by atoms with E-state index in [1.807, 2.05) is 12.1 Å². The summed E-state index contributed by atoms with van der Waals surface area (Å²) in [5, 5.41) is 0.587. The Bertz CT molecular complexity index is 768. The highest BCUT2D eigenvalue weighted by atomic mass is 79.9. The highest BCUT2D eigenvalue weighted by Gasteiger charge is 2.05. The Hall–Kier alpha value is -2.01. The first kappa shape index (κ1) is 11.1. The maximum atomic E-state index is 12.4. The van der Waals surface area contributed by atoms with Gasteiger partial charge in [0.15, 0.2) is 0 Å². The number of benzene rings is 1. The Balaban J connectivity index is 2.33. The van der Waals surface area contributed by atoms with Crippen molar-refractivity contribution in [1.29, 1.82) is 0 Å². The molecule has 4 nitrogen and oxygen atoms in total. The molecular formula is C13H8BrN3O. The van der Waals surface area contributed by atoms with Crippen molar-refractivity contribution in [2.45, 2.75) is 0 Å². The Morgan fingerprint density at radius 3 is 2.67 bits per heavy atom. The van der Waals surface area contributed by atoms with Gasteiger partial charge in [-0.2, -0.15) is 0 Å². The van der Waals surface area contributed by atoms with Gasteiger partial charge in [0.25, 0.3) is 5.56 Å². The number of rotatable bonds is 1. The lowest BCUT2D eigenvalue weighted by Gasteiger charge is -2.06. The van der Waals surface area contributed by atoms with Gasteiger partial charge in [-0.05, 0) is 30.3 Å². The van der Waals surface area contributed by atoms with Gasteiger partial charge >= 0.3 is 0 Å². The first-order valence-corrected chi connectivity index (χ1v) is 6.12. The van der Waals surface area contributed by atoms with Gasteiger partial charge in [-0.3, -0.25) is 14.3 Å². The molecule has 0 saturated heterocycles. The molecule has 0 atom stereocenters. The van der Waals surface area contributed by atoms with Crippen molar-refractivity contribution < 1.29 is 0 Å². The molecule has 0 aliphatic rings. The number of nitrogens with zero attached hydrogens (tertiary/aromatic N) is 3. The zero-order valence-corrected chi connectivity index (χ0v) is 10.8. The lowest BCUT2D eigenvalue weighted by atomic mass is 10.2. The van der Waals surface area contributed by atoms with Crippen molar-refractivity contribution in [3.8, 4) is 5.69 Å². The monoisotopic (exact) mass is 301 g/mol. The largest absolute Gasteiger partial charge is 0.268 e. The second kappa shape index (κ2) is 4.34. The number of halogens is 1. The predicted molar refractivity (Wildman–Crippen MR) is 72.8 cm³/mol. The third-order valence-electron chi connectivity index (χ3n) is 2.66. The third kappa shape index (κ3) is 1.82. The van der Waals surface area contributed by atoms with Gasteiger partial charge in [-0.15, -0.1) is 0 Å². The zero-order chi connectivity index (χ0) is 12.5. The molecule has 0 aliphatic carbocycles. The van der Waals surface area contributed by atoms with Crippen LogP contribution in [0.15, 0.2) is 58.3 Å². The van der Waals surface area contributed by atoms with E-state index < -0.39 is 0 Å². The van der Waals surface area contributed by atoms with Crippen molar-refractivity contribution in [2.24, 2.45) is 0 Å². The van der Waals surface area contributed by atoms with Crippen LogP contribution in [0.1, 0.15) is 0 Å². The van der Waals surface area contributed by atoms with E-state index >= 15 is 0 Å². The Labute approximate surface area is 111 Å². The molecule has 5 heteroatoms. The van der Waals surface area contributed by atoms with Crippen molar-refractivity contribution in [3.05, 3.63) is 63.9 Å². The van der Waals surface area contributed by atoms with E-state index in [4.69, 9.17) is 0 Å². The molecule has 0 bridgehead atoms. The molecule has 0 fully saturated rings. The van der Waals surface area contributed by atoms with Crippen molar-refractivity contribution in [3.63, 3.8) is 0 Å². The highest BCUT2D eigenvalue weighted by Crippen LogP contribution is 2.15. The van der Waals surface area contributed by atoms with Crippen molar-refractivity contribution >= 4 is 26.8 Å². The summed E-state index contributed by atoms with van der Waals surface area (Å²) in [6, 6.07) is 9.01. The molecule has 0 amide bonds. The van der Waals surface area contributed by atoms with E-state index in [2.05, 4.69) is 25.9 Å². The van der Waals surface area contributed by atoms with Crippen molar-refractivity contribution in [1.82, 2.24) is 14.5 Å². The van der Waals surface area contributed by atoms with E-state index in [0.29, 0.717) is 10.9 Å². The topological polar surface area (TPSA) is 47.8 Å². The second-order valence-corrected chi connectivity index (χ2v) is 4.70. The Morgan fingerprint density at radius 2 is 1.89 bits per heavy atom. The van der Waals surface area contributed by atoms with Gasteiger partial charge in [-0.25, -0.2) is 4.98 Å². The molecule has 0 N–H and O–H groups in total. The quantitative estimate of drug-likeness (QED) is 0.694. The molecule has 2 heterocycles. The molecule has 0 spiro atoms. The van der Waals surface area contributed by atoms with Crippen LogP contribution >= 0.6 is 15.9 Å². The Kier molecular flexibility index (Phi) is 2.68. The minimum atomic E-state index is -0.0903. The summed E-state index contributed by atoms with van der Waals surface area (Å²) in [6.45, 7) is 0. The highest BCUT2D eigenvalue weighted by molar-refractivity contribution is 9.10. The summed E-state index contributed by atoms with van der Waals surface area (Å²) in [4.78, 5) is 20.6. The lowest BCUT2D eigenvalue weighted by molar-refractivity contribution is 0.958. The molecule has 0 aliphatic heterocycles. The van der Waals surface area contributed by atoms with Gasteiger partial charge in [0.1, 0.15) is 6.33 Å². The van der Waals surface area contributed by atoms with Crippen LogP contribution in [0, 0.1) is 0 Å². The van der Waals surface area contributed by atoms with Gasteiger partial charge in [0.2, 0.25) is 0 Å². The van der Waals surface area contributed by atoms with Gasteiger partial charge in [-0.1, -0.05) is 15.9 Å². The minimum Gasteiger partial charge on any atom is -0.268 e. The maximum Gasteiger partial charge on any atom is 0.265 e. The summed E-state index contributed by atoms with van der Waals surface area (Å²) in [7, 11) is 0. The second-order valence-electron chi connectivity index (χ2n) is 3.79. The summed E-state index contributed by atoms with van der Waals surface area (Å²) in [5.74, 6) is 0. The molecule has 88 valence electrons. The molecule has 1 aromatic carbocycles. The van der Waals surface area contributed by atoms with Gasteiger partial charge in [0, 0.05) is 16.9 Å². The number of hydrogen-bond acceptors (Lipinski definition) is 3. The number of fused-ring (bicyclic) bond motifs is 1. The molecule has 0 saturated carbocycles. The summed E-state index contributed by atoms with van der Waals surface area (Å²) in [5.41, 5.74) is 1.35. The van der Waals surface area contributed by atoms with Crippen LogP contribution in [0.2, 0.25) is 0 Å². The minimum absolute atomic E-state index is 0.0903. The van der Waals surface area contributed by atoms with E-state index in [0.717, 1.165) is 10.2 Å². The molecule has 3 aromatic rings. The normalized spacial score (nSPS) is 10.7. The standard InChI is InChI=1S/C13H8BrN3O/c14-9-1-2-12-11(7-9)13(18)17(8-16-12)10-3-5-15-6-4-10/h1-8H. The molecule has 0 radical (unpaired) electrons. The smallest absolute Gasteiger partial charge is 0.265 e. The average Bonchev–Trinajstić information content (AvgIpc) is 2.41. The van der Waals surface area contributed by atoms with Crippen LogP contribution in [0.3, 0.4) is 0 Å².